The van der Waals surface area contributed by atoms with E-state index >= 15 is 0 Å². The van der Waals surface area contributed by atoms with Crippen LogP contribution in [0.25, 0.3) is 0 Å². The van der Waals surface area contributed by atoms with Gasteiger partial charge in [0.2, 0.25) is 5.88 Å². The van der Waals surface area contributed by atoms with E-state index in [0.29, 0.717) is 11.6 Å². The van der Waals surface area contributed by atoms with E-state index in [9.17, 15) is 0 Å². The van der Waals surface area contributed by atoms with Crippen LogP contribution < -0.4 is 15.8 Å². The highest BCUT2D eigenvalue weighted by molar-refractivity contribution is 9.10. The van der Waals surface area contributed by atoms with Crippen molar-refractivity contribution in [1.29, 1.82) is 0 Å². The van der Waals surface area contributed by atoms with E-state index in [2.05, 4.69) is 45.3 Å². The van der Waals surface area contributed by atoms with Crippen LogP contribution in [0.5, 0.6) is 5.88 Å². The first kappa shape index (κ1) is 13.7. The lowest BCUT2D eigenvalue weighted by Gasteiger charge is -2.16. The highest BCUT2D eigenvalue weighted by Gasteiger charge is 2.08. The van der Waals surface area contributed by atoms with Crippen LogP contribution in [0.1, 0.15) is 18.5 Å². The Balaban J connectivity index is 2.14. The molecule has 0 aliphatic rings. The Kier molecular flexibility index (Phi) is 4.27. The van der Waals surface area contributed by atoms with Gasteiger partial charge in [0.15, 0.2) is 0 Å². The summed E-state index contributed by atoms with van der Waals surface area (Å²) in [5.74, 6) is 1.18. The van der Waals surface area contributed by atoms with Crippen molar-refractivity contribution in [1.82, 2.24) is 4.98 Å². The van der Waals surface area contributed by atoms with Crippen molar-refractivity contribution in [3.05, 3.63) is 46.4 Å². The fourth-order valence-corrected chi connectivity index (χ4v) is 2.02. The predicted molar refractivity (Wildman–Crippen MR) is 81.4 cm³/mol. The lowest BCUT2D eigenvalue weighted by molar-refractivity contribution is 0.401. The van der Waals surface area contributed by atoms with Gasteiger partial charge in [-0.05, 0) is 36.8 Å². The van der Waals surface area contributed by atoms with Gasteiger partial charge in [0.25, 0.3) is 0 Å². The monoisotopic (exact) mass is 321 g/mol. The number of pyridine rings is 1. The Bertz CT molecular complexity index is 557. The van der Waals surface area contributed by atoms with Crippen LogP contribution in [0.4, 0.5) is 11.5 Å². The molecule has 19 heavy (non-hydrogen) atoms. The molecule has 1 aromatic heterocycles. The minimum Gasteiger partial charge on any atom is -0.479 e. The summed E-state index contributed by atoms with van der Waals surface area (Å²) in [7, 11) is 1.56. The lowest BCUT2D eigenvalue weighted by Crippen LogP contribution is -2.08. The first-order chi connectivity index (χ1) is 9.10. The molecule has 1 atom stereocenters. The highest BCUT2D eigenvalue weighted by Crippen LogP contribution is 2.24. The zero-order valence-corrected chi connectivity index (χ0v) is 12.4. The number of hydrogen-bond acceptors (Lipinski definition) is 4. The van der Waals surface area contributed by atoms with Crippen LogP contribution in [0.2, 0.25) is 0 Å². The summed E-state index contributed by atoms with van der Waals surface area (Å²) in [6.45, 7) is 2.08. The minimum absolute atomic E-state index is 0.147. The maximum absolute atomic E-state index is 5.74. The molecule has 0 fully saturated rings. The molecule has 1 aromatic carbocycles. The molecule has 4 nitrogen and oxygen atoms in total. The third kappa shape index (κ3) is 3.38. The highest BCUT2D eigenvalue weighted by atomic mass is 79.9. The Labute approximate surface area is 121 Å². The summed E-state index contributed by atoms with van der Waals surface area (Å²) >= 11 is 3.43. The molecule has 2 aromatic rings. The molecule has 2 rings (SSSR count). The molecule has 1 unspecified atom stereocenters. The summed E-state index contributed by atoms with van der Waals surface area (Å²) in [6.07, 6.45) is 0. The fraction of sp³-hybridized carbons (Fsp3) is 0.214. The van der Waals surface area contributed by atoms with Crippen LogP contribution in [0, 0.1) is 0 Å². The normalized spacial score (nSPS) is 11.9. The van der Waals surface area contributed by atoms with Gasteiger partial charge in [0.1, 0.15) is 5.82 Å². The number of nitrogens with one attached hydrogen (secondary N) is 1. The Morgan fingerprint density at radius 1 is 1.21 bits per heavy atom. The van der Waals surface area contributed by atoms with Gasteiger partial charge in [-0.1, -0.05) is 28.1 Å². The van der Waals surface area contributed by atoms with Crippen molar-refractivity contribution in [2.24, 2.45) is 0 Å². The first-order valence-electron chi connectivity index (χ1n) is 5.92. The smallest absolute Gasteiger partial charge is 0.238 e. The largest absolute Gasteiger partial charge is 0.479 e. The van der Waals surface area contributed by atoms with Gasteiger partial charge >= 0.3 is 0 Å². The van der Waals surface area contributed by atoms with Crippen LogP contribution in [-0.4, -0.2) is 12.1 Å². The van der Waals surface area contributed by atoms with Gasteiger partial charge < -0.3 is 15.8 Å². The minimum atomic E-state index is 0.147. The third-order valence-corrected chi connectivity index (χ3v) is 3.35. The molecule has 0 aliphatic carbocycles. The second-order valence-electron chi connectivity index (χ2n) is 4.21. The molecule has 0 aliphatic heterocycles. The maximum Gasteiger partial charge on any atom is 0.238 e. The van der Waals surface area contributed by atoms with Gasteiger partial charge in [-0.15, -0.1) is 0 Å². The standard InChI is InChI=1S/C14H16BrN3O/c1-9(10-3-5-11(15)6-4-10)17-13-8-7-12(16)14(18-13)19-2/h3-9H,16H2,1-2H3,(H,17,18). The molecule has 100 valence electrons. The number of benzene rings is 1. The molecule has 0 spiro atoms. The van der Waals surface area contributed by atoms with Crippen molar-refractivity contribution in [2.75, 3.05) is 18.2 Å². The van der Waals surface area contributed by atoms with Gasteiger partial charge in [-0.2, -0.15) is 4.98 Å². The van der Waals surface area contributed by atoms with Crippen molar-refractivity contribution >= 4 is 27.4 Å². The predicted octanol–water partition coefficient (Wildman–Crippen LogP) is 3.61. The summed E-state index contributed by atoms with van der Waals surface area (Å²) in [6, 6.07) is 11.9. The van der Waals surface area contributed by atoms with Crippen LogP contribution in [0.15, 0.2) is 40.9 Å². The van der Waals surface area contributed by atoms with Crippen LogP contribution in [0.3, 0.4) is 0 Å². The number of halogens is 1. The zero-order chi connectivity index (χ0) is 13.8. The average molecular weight is 322 g/mol. The van der Waals surface area contributed by atoms with Gasteiger partial charge in [0, 0.05) is 10.5 Å². The molecule has 5 heteroatoms. The summed E-state index contributed by atoms with van der Waals surface area (Å²) in [5.41, 5.74) is 7.45. The Morgan fingerprint density at radius 3 is 2.53 bits per heavy atom. The first-order valence-corrected chi connectivity index (χ1v) is 6.72. The number of methoxy groups -OCH3 is 1. The van der Waals surface area contributed by atoms with Crippen molar-refractivity contribution < 1.29 is 4.74 Å². The summed E-state index contributed by atoms with van der Waals surface area (Å²) < 4.78 is 6.17. The zero-order valence-electron chi connectivity index (χ0n) is 10.9. The lowest BCUT2D eigenvalue weighted by atomic mass is 10.1. The topological polar surface area (TPSA) is 60.2 Å². The van der Waals surface area contributed by atoms with E-state index in [0.717, 1.165) is 10.3 Å². The van der Waals surface area contributed by atoms with Crippen LogP contribution in [-0.2, 0) is 0 Å². The Hall–Kier alpha value is -1.75. The van der Waals surface area contributed by atoms with Gasteiger partial charge in [-0.25, -0.2) is 0 Å². The molecule has 1 heterocycles. The van der Waals surface area contributed by atoms with E-state index < -0.39 is 0 Å². The molecular formula is C14H16BrN3O. The molecule has 0 radical (unpaired) electrons. The van der Waals surface area contributed by atoms with E-state index in [1.165, 1.54) is 5.56 Å². The number of nitrogen functional groups attached to an aromatic ring is 1. The molecule has 3 N–H and O–H groups in total. The van der Waals surface area contributed by atoms with Crippen LogP contribution >= 0.6 is 15.9 Å². The number of ether oxygens (including phenoxy) is 1. The molecule has 0 amide bonds. The molecular weight excluding hydrogens is 306 g/mol. The van der Waals surface area contributed by atoms with E-state index in [1.54, 1.807) is 13.2 Å². The number of nitrogens with two attached hydrogens (primary N) is 1. The van der Waals surface area contributed by atoms with E-state index in [1.807, 2.05) is 18.2 Å². The van der Waals surface area contributed by atoms with Crippen molar-refractivity contribution in [2.45, 2.75) is 13.0 Å². The number of anilines is 2. The van der Waals surface area contributed by atoms with Crippen molar-refractivity contribution in [3.63, 3.8) is 0 Å². The Morgan fingerprint density at radius 2 is 1.89 bits per heavy atom. The number of aromatic nitrogens is 1. The maximum atomic E-state index is 5.74. The number of rotatable bonds is 4. The number of hydrogen-bond donors (Lipinski definition) is 2. The second kappa shape index (κ2) is 5.93. The quantitative estimate of drug-likeness (QED) is 0.903. The SMILES string of the molecule is COc1nc(NC(C)c2ccc(Br)cc2)ccc1N. The number of nitrogens with zero attached hydrogens (tertiary/aromatic N) is 1. The molecule has 0 saturated heterocycles. The van der Waals surface area contributed by atoms with Crippen molar-refractivity contribution in [3.8, 4) is 5.88 Å². The molecule has 0 saturated carbocycles. The van der Waals surface area contributed by atoms with E-state index in [4.69, 9.17) is 10.5 Å². The third-order valence-electron chi connectivity index (χ3n) is 2.82. The summed E-state index contributed by atoms with van der Waals surface area (Å²) in [5, 5.41) is 3.32. The van der Waals surface area contributed by atoms with E-state index in [-0.39, 0.29) is 6.04 Å². The van der Waals surface area contributed by atoms with Gasteiger partial charge in [-0.3, -0.25) is 0 Å². The second-order valence-corrected chi connectivity index (χ2v) is 5.13. The average Bonchev–Trinajstić information content (AvgIpc) is 2.41. The molecule has 0 bridgehead atoms. The van der Waals surface area contributed by atoms with Gasteiger partial charge in [0.05, 0.1) is 12.8 Å². The summed E-state index contributed by atoms with van der Waals surface area (Å²) in [4.78, 5) is 4.31. The fourth-order valence-electron chi connectivity index (χ4n) is 1.75.